The third-order valence-electron chi connectivity index (χ3n) is 4.33. The fourth-order valence-electron chi connectivity index (χ4n) is 2.89. The summed E-state index contributed by atoms with van der Waals surface area (Å²) in [7, 11) is 0. The molecule has 0 aromatic carbocycles. The van der Waals surface area contributed by atoms with Gasteiger partial charge in [-0.1, -0.05) is 0 Å². The molecular formula is C18H18N6O2S. The molecule has 4 rings (SSSR count). The fourth-order valence-corrected chi connectivity index (χ4v) is 3.71. The van der Waals surface area contributed by atoms with Gasteiger partial charge in [-0.3, -0.25) is 9.78 Å². The second-order valence-corrected chi connectivity index (χ2v) is 6.93. The van der Waals surface area contributed by atoms with Crippen molar-refractivity contribution in [3.05, 3.63) is 41.2 Å². The predicted molar refractivity (Wildman–Crippen MR) is 103 cm³/mol. The van der Waals surface area contributed by atoms with Gasteiger partial charge in [-0.25, -0.2) is 15.0 Å². The van der Waals surface area contributed by atoms with Crippen LogP contribution in [-0.2, 0) is 4.74 Å². The van der Waals surface area contributed by atoms with E-state index in [1.807, 2.05) is 29.3 Å². The minimum atomic E-state index is -0.576. The molecule has 8 nitrogen and oxygen atoms in total. The van der Waals surface area contributed by atoms with E-state index in [1.54, 1.807) is 6.20 Å². The van der Waals surface area contributed by atoms with Gasteiger partial charge in [0.05, 0.1) is 24.5 Å². The number of anilines is 1. The Morgan fingerprint density at radius 1 is 1.26 bits per heavy atom. The van der Waals surface area contributed by atoms with Gasteiger partial charge in [0.2, 0.25) is 5.95 Å². The second kappa shape index (κ2) is 7.37. The highest BCUT2D eigenvalue weighted by molar-refractivity contribution is 7.13. The van der Waals surface area contributed by atoms with Crippen molar-refractivity contribution in [2.45, 2.75) is 6.92 Å². The number of primary amides is 1. The number of carbonyl (C=O) groups is 1. The van der Waals surface area contributed by atoms with Crippen LogP contribution in [-0.4, -0.2) is 52.1 Å². The van der Waals surface area contributed by atoms with Crippen molar-refractivity contribution >= 4 is 23.2 Å². The maximum absolute atomic E-state index is 11.9. The number of ether oxygens (including phenoxy) is 1. The molecule has 1 fully saturated rings. The molecule has 0 spiro atoms. The molecule has 0 bridgehead atoms. The highest BCUT2D eigenvalue weighted by atomic mass is 32.1. The number of morpholine rings is 1. The van der Waals surface area contributed by atoms with Crippen molar-refractivity contribution in [2.75, 3.05) is 31.2 Å². The first kappa shape index (κ1) is 17.5. The summed E-state index contributed by atoms with van der Waals surface area (Å²) in [5, 5.41) is 2.56. The maximum atomic E-state index is 11.9. The lowest BCUT2D eigenvalue weighted by molar-refractivity contribution is 0.1000. The van der Waals surface area contributed by atoms with Gasteiger partial charge in [0.25, 0.3) is 5.91 Å². The third-order valence-corrected chi connectivity index (χ3v) is 5.17. The lowest BCUT2D eigenvalue weighted by atomic mass is 10.1. The van der Waals surface area contributed by atoms with E-state index in [1.165, 1.54) is 17.5 Å². The summed E-state index contributed by atoms with van der Waals surface area (Å²) < 4.78 is 5.37. The molecule has 9 heteroatoms. The first-order valence-electron chi connectivity index (χ1n) is 8.51. The van der Waals surface area contributed by atoms with E-state index in [4.69, 9.17) is 10.5 Å². The van der Waals surface area contributed by atoms with Crippen LogP contribution in [0.2, 0.25) is 0 Å². The number of nitrogens with two attached hydrogens (primary N) is 1. The zero-order valence-electron chi connectivity index (χ0n) is 14.8. The molecule has 1 aliphatic heterocycles. The fraction of sp³-hybridized carbons (Fsp3) is 0.278. The lowest BCUT2D eigenvalue weighted by Crippen LogP contribution is -2.37. The van der Waals surface area contributed by atoms with Gasteiger partial charge >= 0.3 is 0 Å². The van der Waals surface area contributed by atoms with Crippen molar-refractivity contribution in [3.8, 4) is 22.0 Å². The number of aryl methyl sites for hydroxylation is 1. The van der Waals surface area contributed by atoms with E-state index in [0.29, 0.717) is 43.0 Å². The average molecular weight is 382 g/mol. The van der Waals surface area contributed by atoms with E-state index in [-0.39, 0.29) is 5.56 Å². The van der Waals surface area contributed by atoms with Crippen LogP contribution in [0.25, 0.3) is 22.0 Å². The normalized spacial score (nSPS) is 14.3. The van der Waals surface area contributed by atoms with Gasteiger partial charge in [0.1, 0.15) is 10.7 Å². The summed E-state index contributed by atoms with van der Waals surface area (Å²) >= 11 is 1.41. The average Bonchev–Trinajstić information content (AvgIpc) is 3.18. The molecule has 0 aliphatic carbocycles. The van der Waals surface area contributed by atoms with E-state index < -0.39 is 5.91 Å². The van der Waals surface area contributed by atoms with Gasteiger partial charge in [-0.15, -0.1) is 11.3 Å². The Kier molecular flexibility index (Phi) is 4.78. The smallest absolute Gasteiger partial charge is 0.252 e. The summed E-state index contributed by atoms with van der Waals surface area (Å²) in [5.74, 6) is -0.0274. The Balaban J connectivity index is 1.75. The minimum absolute atomic E-state index is 0.260. The number of amides is 1. The first-order chi connectivity index (χ1) is 13.1. The molecule has 138 valence electrons. The van der Waals surface area contributed by atoms with Crippen molar-refractivity contribution in [2.24, 2.45) is 5.73 Å². The quantitative estimate of drug-likeness (QED) is 0.734. The van der Waals surface area contributed by atoms with Crippen LogP contribution in [0.15, 0.2) is 29.9 Å². The minimum Gasteiger partial charge on any atom is -0.378 e. The maximum Gasteiger partial charge on any atom is 0.252 e. The van der Waals surface area contributed by atoms with Gasteiger partial charge in [-0.2, -0.15) is 0 Å². The number of aromatic nitrogens is 4. The molecule has 2 N–H and O–H groups in total. The Morgan fingerprint density at radius 2 is 2.07 bits per heavy atom. The largest absolute Gasteiger partial charge is 0.378 e. The SMILES string of the molecule is Cc1ncccc1-c1csc(-c2nc(N3CCOCC3)ncc2C(N)=O)n1. The zero-order chi connectivity index (χ0) is 18.8. The predicted octanol–water partition coefficient (Wildman–Crippen LogP) is 1.91. The molecule has 0 radical (unpaired) electrons. The van der Waals surface area contributed by atoms with Crippen LogP contribution < -0.4 is 10.6 Å². The number of hydrogen-bond donors (Lipinski definition) is 1. The van der Waals surface area contributed by atoms with Crippen LogP contribution in [0.5, 0.6) is 0 Å². The second-order valence-electron chi connectivity index (χ2n) is 6.07. The van der Waals surface area contributed by atoms with Crippen LogP contribution in [0, 0.1) is 6.92 Å². The number of rotatable bonds is 4. The molecular weight excluding hydrogens is 364 g/mol. The number of nitrogens with zero attached hydrogens (tertiary/aromatic N) is 5. The van der Waals surface area contributed by atoms with Gasteiger partial charge in [-0.05, 0) is 19.1 Å². The third kappa shape index (κ3) is 3.51. The van der Waals surface area contributed by atoms with Crippen molar-refractivity contribution < 1.29 is 9.53 Å². The Bertz CT molecular complexity index is 983. The van der Waals surface area contributed by atoms with Crippen molar-refractivity contribution in [1.29, 1.82) is 0 Å². The summed E-state index contributed by atoms with van der Waals surface area (Å²) in [6.07, 6.45) is 3.22. The molecule has 1 aliphatic rings. The molecule has 1 amide bonds. The van der Waals surface area contributed by atoms with Crippen LogP contribution in [0.4, 0.5) is 5.95 Å². The van der Waals surface area contributed by atoms with Crippen molar-refractivity contribution in [3.63, 3.8) is 0 Å². The number of carbonyl (C=O) groups excluding carboxylic acids is 1. The summed E-state index contributed by atoms with van der Waals surface area (Å²) in [4.78, 5) is 31.8. The Hall–Kier alpha value is -2.91. The molecule has 27 heavy (non-hydrogen) atoms. The highest BCUT2D eigenvalue weighted by Gasteiger charge is 2.21. The van der Waals surface area contributed by atoms with E-state index in [2.05, 4.69) is 19.9 Å². The molecule has 0 saturated carbocycles. The van der Waals surface area contributed by atoms with Crippen LogP contribution >= 0.6 is 11.3 Å². The Morgan fingerprint density at radius 3 is 2.81 bits per heavy atom. The van der Waals surface area contributed by atoms with Gasteiger partial charge < -0.3 is 15.4 Å². The number of pyridine rings is 1. The van der Waals surface area contributed by atoms with Gasteiger partial charge in [0, 0.05) is 42.1 Å². The summed E-state index contributed by atoms with van der Waals surface area (Å²) in [6.45, 7) is 4.58. The first-order valence-corrected chi connectivity index (χ1v) is 9.39. The monoisotopic (exact) mass is 382 g/mol. The topological polar surface area (TPSA) is 107 Å². The molecule has 0 unspecified atom stereocenters. The summed E-state index contributed by atoms with van der Waals surface area (Å²) in [5.41, 5.74) is 8.88. The van der Waals surface area contributed by atoms with E-state index >= 15 is 0 Å². The Labute approximate surface area is 160 Å². The van der Waals surface area contributed by atoms with Crippen LogP contribution in [0.3, 0.4) is 0 Å². The van der Waals surface area contributed by atoms with Crippen molar-refractivity contribution in [1.82, 2.24) is 19.9 Å². The lowest BCUT2D eigenvalue weighted by Gasteiger charge is -2.27. The number of thiazole rings is 1. The molecule has 3 aromatic rings. The summed E-state index contributed by atoms with van der Waals surface area (Å²) in [6, 6.07) is 3.84. The molecule has 3 aromatic heterocycles. The standard InChI is InChI=1S/C18H18N6O2S/c1-11-12(3-2-4-20-11)14-10-27-17(22-14)15-13(16(19)25)9-21-18(23-15)24-5-7-26-8-6-24/h2-4,9-10H,5-8H2,1H3,(H2,19,25). The molecule has 1 saturated heterocycles. The zero-order valence-corrected chi connectivity index (χ0v) is 15.6. The van der Waals surface area contributed by atoms with E-state index in [9.17, 15) is 4.79 Å². The molecule has 4 heterocycles. The molecule has 0 atom stereocenters. The number of hydrogen-bond acceptors (Lipinski definition) is 8. The van der Waals surface area contributed by atoms with Crippen LogP contribution in [0.1, 0.15) is 16.1 Å². The van der Waals surface area contributed by atoms with E-state index in [0.717, 1.165) is 17.0 Å². The highest BCUT2D eigenvalue weighted by Crippen LogP contribution is 2.31. The van der Waals surface area contributed by atoms with Gasteiger partial charge in [0.15, 0.2) is 0 Å².